The second kappa shape index (κ2) is 4.08. The lowest BCUT2D eigenvalue weighted by Crippen LogP contribution is -3.08. The Labute approximate surface area is 110 Å². The monoisotopic (exact) mass is 256 g/mol. The van der Waals surface area contributed by atoms with Gasteiger partial charge >= 0.3 is 5.96 Å². The molecule has 19 heavy (non-hydrogen) atoms. The molecule has 2 aromatic rings. The molecular formula is C14H14N3O2+. The number of nitrogens with two attached hydrogens (primary N) is 1. The fourth-order valence-electron chi connectivity index (χ4n) is 2.27. The van der Waals surface area contributed by atoms with Crippen LogP contribution in [0, 0.1) is 6.92 Å². The third-order valence-corrected chi connectivity index (χ3v) is 3.29. The Hall–Kier alpha value is -2.37. The van der Waals surface area contributed by atoms with Gasteiger partial charge in [0.2, 0.25) is 0 Å². The Balaban J connectivity index is 2.20. The van der Waals surface area contributed by atoms with E-state index >= 15 is 0 Å². The number of nitrogens with one attached hydrogen (secondary N) is 1. The Kier molecular flexibility index (Phi) is 2.51. The lowest BCUT2D eigenvalue weighted by molar-refractivity contribution is -0.953. The molecule has 0 radical (unpaired) electrons. The minimum Gasteiger partial charge on any atom is -0.507 e. The van der Waals surface area contributed by atoms with Gasteiger partial charge in [-0.2, -0.15) is 4.99 Å². The Morgan fingerprint density at radius 1 is 1.16 bits per heavy atom. The number of hydrogen-bond acceptors (Lipinski definition) is 4. The van der Waals surface area contributed by atoms with E-state index in [2.05, 4.69) is 4.99 Å². The first-order chi connectivity index (χ1) is 9.08. The molecule has 3 rings (SSSR count). The van der Waals surface area contributed by atoms with Gasteiger partial charge in [-0.15, -0.1) is 0 Å². The molecule has 5 heteroatoms. The summed E-state index contributed by atoms with van der Waals surface area (Å²) in [5, 5.41) is 19.9. The molecule has 5 N–H and O–H groups in total. The second-order valence-corrected chi connectivity index (χ2v) is 4.55. The molecule has 0 saturated heterocycles. The summed E-state index contributed by atoms with van der Waals surface area (Å²) in [7, 11) is 0. The number of hydrogen-bond donors (Lipinski definition) is 4. The molecular weight excluding hydrogens is 242 g/mol. The van der Waals surface area contributed by atoms with Gasteiger partial charge in [-0.25, -0.2) is 5.21 Å². The highest BCUT2D eigenvalue weighted by Gasteiger charge is 2.29. The van der Waals surface area contributed by atoms with Gasteiger partial charge in [0.05, 0.1) is 0 Å². The van der Waals surface area contributed by atoms with Crippen LogP contribution in [-0.2, 0) is 0 Å². The molecule has 5 nitrogen and oxygen atoms in total. The number of hydroxylamine groups is 1. The molecule has 1 aliphatic rings. The van der Waals surface area contributed by atoms with Gasteiger partial charge in [-0.1, -0.05) is 29.3 Å². The number of fused-ring (bicyclic) bond motifs is 1. The van der Waals surface area contributed by atoms with Gasteiger partial charge in [0, 0.05) is 17.7 Å². The van der Waals surface area contributed by atoms with E-state index in [-0.39, 0.29) is 16.8 Å². The minimum atomic E-state index is -0.0372. The summed E-state index contributed by atoms with van der Waals surface area (Å²) in [4.78, 5) is 4.00. The van der Waals surface area contributed by atoms with E-state index in [1.807, 2.05) is 31.2 Å². The number of aromatic hydroxyl groups is 1. The van der Waals surface area contributed by atoms with E-state index in [0.717, 1.165) is 11.1 Å². The highest BCUT2D eigenvalue weighted by molar-refractivity contribution is 5.87. The number of benzene rings is 2. The Morgan fingerprint density at radius 3 is 2.63 bits per heavy atom. The van der Waals surface area contributed by atoms with Crippen LogP contribution in [0.3, 0.4) is 0 Å². The van der Waals surface area contributed by atoms with Crippen LogP contribution in [0.25, 0.3) is 11.1 Å². The van der Waals surface area contributed by atoms with E-state index in [0.29, 0.717) is 16.9 Å². The topological polar surface area (TPSA) is 83.3 Å². The van der Waals surface area contributed by atoms with Crippen molar-refractivity contribution in [3.63, 3.8) is 0 Å². The van der Waals surface area contributed by atoms with Gasteiger partial charge in [0.15, 0.2) is 5.69 Å². The largest absolute Gasteiger partial charge is 0.507 e. The van der Waals surface area contributed by atoms with Crippen LogP contribution in [-0.4, -0.2) is 16.3 Å². The van der Waals surface area contributed by atoms with Crippen LogP contribution < -0.4 is 10.8 Å². The maximum Gasteiger partial charge on any atom is 0.337 e. The van der Waals surface area contributed by atoms with Crippen molar-refractivity contribution in [1.29, 1.82) is 0 Å². The summed E-state index contributed by atoms with van der Waals surface area (Å²) in [5.74, 6) is 0.204. The first-order valence-corrected chi connectivity index (χ1v) is 5.92. The van der Waals surface area contributed by atoms with Crippen molar-refractivity contribution in [2.24, 2.45) is 10.7 Å². The van der Waals surface area contributed by atoms with E-state index < -0.39 is 0 Å². The molecule has 0 bridgehead atoms. The molecule has 0 aliphatic carbocycles. The Bertz CT molecular complexity index is 695. The van der Waals surface area contributed by atoms with Crippen LogP contribution in [0.4, 0.5) is 11.4 Å². The van der Waals surface area contributed by atoms with Crippen molar-refractivity contribution in [1.82, 2.24) is 0 Å². The molecule has 96 valence electrons. The van der Waals surface area contributed by atoms with Gasteiger partial charge < -0.3 is 10.8 Å². The number of nitrogens with zero attached hydrogens (tertiary/aromatic N) is 1. The van der Waals surface area contributed by atoms with Crippen LogP contribution in [0.1, 0.15) is 5.56 Å². The average Bonchev–Trinajstić information content (AvgIpc) is 2.65. The van der Waals surface area contributed by atoms with E-state index in [1.165, 1.54) is 6.07 Å². The second-order valence-electron chi connectivity index (χ2n) is 4.55. The predicted octanol–water partition coefficient (Wildman–Crippen LogP) is 1.23. The smallest absolute Gasteiger partial charge is 0.337 e. The summed E-state index contributed by atoms with van der Waals surface area (Å²) in [6.45, 7) is 1.97. The van der Waals surface area contributed by atoms with Crippen molar-refractivity contribution in [2.45, 2.75) is 6.92 Å². The van der Waals surface area contributed by atoms with Crippen LogP contribution >= 0.6 is 0 Å². The normalized spacial score (nSPS) is 17.2. The molecule has 0 fully saturated rings. The molecule has 2 aromatic carbocycles. The molecule has 1 atom stereocenters. The maximum atomic E-state index is 10.1. The summed E-state index contributed by atoms with van der Waals surface area (Å²) < 4.78 is 0. The predicted molar refractivity (Wildman–Crippen MR) is 72.0 cm³/mol. The minimum absolute atomic E-state index is 0.0372. The highest BCUT2D eigenvalue weighted by Crippen LogP contribution is 2.38. The first kappa shape index (κ1) is 11.7. The number of guanidine groups is 1. The van der Waals surface area contributed by atoms with Crippen molar-refractivity contribution >= 4 is 17.3 Å². The van der Waals surface area contributed by atoms with E-state index in [9.17, 15) is 10.3 Å². The van der Waals surface area contributed by atoms with Gasteiger partial charge in [-0.3, -0.25) is 0 Å². The van der Waals surface area contributed by atoms with Crippen molar-refractivity contribution in [3.05, 3.63) is 42.0 Å². The van der Waals surface area contributed by atoms with E-state index in [4.69, 9.17) is 5.73 Å². The summed E-state index contributed by atoms with van der Waals surface area (Å²) in [6.07, 6.45) is 0. The van der Waals surface area contributed by atoms with Crippen LogP contribution in [0.15, 0.2) is 41.4 Å². The molecule has 0 amide bonds. The summed E-state index contributed by atoms with van der Waals surface area (Å²) in [5.41, 5.74) is 9.24. The quantitative estimate of drug-likeness (QED) is 0.579. The zero-order valence-corrected chi connectivity index (χ0v) is 10.4. The van der Waals surface area contributed by atoms with Gasteiger partial charge in [-0.05, 0) is 18.1 Å². The van der Waals surface area contributed by atoms with Gasteiger partial charge in [0.1, 0.15) is 11.4 Å². The third kappa shape index (κ3) is 1.76. The number of aliphatic imine (C=N–C) groups is 1. The lowest BCUT2D eigenvalue weighted by Gasteiger charge is -2.10. The highest BCUT2D eigenvalue weighted by atomic mass is 16.5. The maximum absolute atomic E-state index is 10.1. The van der Waals surface area contributed by atoms with E-state index in [1.54, 1.807) is 6.07 Å². The van der Waals surface area contributed by atoms with Crippen molar-refractivity contribution in [2.75, 3.05) is 0 Å². The average molecular weight is 256 g/mol. The van der Waals surface area contributed by atoms with Crippen LogP contribution in [0.2, 0.25) is 0 Å². The summed E-state index contributed by atoms with van der Waals surface area (Å²) >= 11 is 0. The fraction of sp³-hybridized carbons (Fsp3) is 0.0714. The number of phenolic OH excluding ortho intramolecular Hbond substituents is 1. The molecule has 0 spiro atoms. The third-order valence-electron chi connectivity index (χ3n) is 3.29. The number of aryl methyl sites for hydroxylation is 1. The molecule has 0 saturated carbocycles. The van der Waals surface area contributed by atoms with Crippen molar-refractivity contribution < 1.29 is 15.4 Å². The fourth-order valence-corrected chi connectivity index (χ4v) is 2.27. The number of quaternary nitrogens is 1. The summed E-state index contributed by atoms with van der Waals surface area (Å²) in [6, 6.07) is 11.0. The number of phenols is 1. The standard InChI is InChI=1S/C14H13N3O2/c1-8-4-2-3-5-9(8)10-6-12-11(7-13(10)18)16-14(15)17(12)19/h2-7,18-19H,1H3,(H2,15,16)/p+1. The Morgan fingerprint density at radius 2 is 1.89 bits per heavy atom. The number of rotatable bonds is 1. The SMILES string of the molecule is Cc1ccccc1-c1cc2c(cc1O)N=C(N)[NH+]2O. The van der Waals surface area contributed by atoms with Crippen molar-refractivity contribution in [3.8, 4) is 16.9 Å². The zero-order valence-electron chi connectivity index (χ0n) is 10.4. The van der Waals surface area contributed by atoms with Gasteiger partial charge in [0.25, 0.3) is 0 Å². The van der Waals surface area contributed by atoms with Crippen LogP contribution in [0.5, 0.6) is 5.75 Å². The lowest BCUT2D eigenvalue weighted by atomic mass is 9.99. The molecule has 1 unspecified atom stereocenters. The molecule has 1 aliphatic heterocycles. The zero-order chi connectivity index (χ0) is 13.6. The first-order valence-electron chi connectivity index (χ1n) is 5.92. The molecule has 1 heterocycles. The molecule has 0 aromatic heterocycles.